The van der Waals surface area contributed by atoms with Crippen molar-refractivity contribution in [2.45, 2.75) is 34.1 Å². The summed E-state index contributed by atoms with van der Waals surface area (Å²) in [5.41, 5.74) is 2.83. The molecule has 1 aliphatic rings. The van der Waals surface area contributed by atoms with E-state index < -0.39 is 0 Å². The molecule has 1 amide bonds. The molecule has 5 nitrogen and oxygen atoms in total. The van der Waals surface area contributed by atoms with E-state index in [4.69, 9.17) is 4.52 Å². The lowest BCUT2D eigenvalue weighted by Gasteiger charge is -2.26. The van der Waals surface area contributed by atoms with Gasteiger partial charge in [0.05, 0.1) is 16.6 Å². The van der Waals surface area contributed by atoms with Gasteiger partial charge >= 0.3 is 0 Å². The fraction of sp³-hybridized carbons (Fsp3) is 0.588. The summed E-state index contributed by atoms with van der Waals surface area (Å²) in [7, 11) is 0. The predicted octanol–water partition coefficient (Wildman–Crippen LogP) is 3.31. The average molecular weight is 333 g/mol. The Morgan fingerprint density at radius 3 is 2.70 bits per heavy atom. The molecule has 0 saturated carbocycles. The van der Waals surface area contributed by atoms with Gasteiger partial charge in [0.15, 0.2) is 0 Å². The van der Waals surface area contributed by atoms with Crippen molar-refractivity contribution in [3.05, 3.63) is 23.0 Å². The lowest BCUT2D eigenvalue weighted by Crippen LogP contribution is -2.38. The maximum atomic E-state index is 13.0. The van der Waals surface area contributed by atoms with Crippen molar-refractivity contribution in [3.63, 3.8) is 0 Å². The van der Waals surface area contributed by atoms with Crippen molar-refractivity contribution >= 4 is 28.8 Å². The Morgan fingerprint density at radius 2 is 2.04 bits per heavy atom. The first-order valence-electron chi connectivity index (χ1n) is 7.98. The highest BCUT2D eigenvalue weighted by Crippen LogP contribution is 2.29. The van der Waals surface area contributed by atoms with E-state index in [-0.39, 0.29) is 11.3 Å². The summed E-state index contributed by atoms with van der Waals surface area (Å²) in [5, 5.41) is 4.98. The second kappa shape index (κ2) is 6.15. The Kier molecular flexibility index (Phi) is 4.36. The van der Waals surface area contributed by atoms with E-state index in [2.05, 4.69) is 30.9 Å². The van der Waals surface area contributed by atoms with Crippen molar-refractivity contribution < 1.29 is 9.32 Å². The van der Waals surface area contributed by atoms with E-state index in [0.29, 0.717) is 11.3 Å². The van der Waals surface area contributed by atoms with E-state index in [1.165, 1.54) is 0 Å². The van der Waals surface area contributed by atoms with Gasteiger partial charge in [-0.25, -0.2) is 4.98 Å². The number of hydrogen-bond donors (Lipinski definition) is 0. The second-order valence-electron chi connectivity index (χ2n) is 7.26. The van der Waals surface area contributed by atoms with Crippen molar-refractivity contribution in [2.75, 3.05) is 24.6 Å². The fourth-order valence-electron chi connectivity index (χ4n) is 2.86. The summed E-state index contributed by atoms with van der Waals surface area (Å²) < 4.78 is 5.42. The number of aryl methyl sites for hydroxylation is 1. The monoisotopic (exact) mass is 333 g/mol. The largest absolute Gasteiger partial charge is 0.337 e. The highest BCUT2D eigenvalue weighted by Gasteiger charge is 2.26. The number of nitrogens with zero attached hydrogens (tertiary/aromatic N) is 3. The van der Waals surface area contributed by atoms with E-state index in [1.807, 2.05) is 29.7 Å². The van der Waals surface area contributed by atoms with E-state index in [9.17, 15) is 4.79 Å². The summed E-state index contributed by atoms with van der Waals surface area (Å²) in [6.07, 6.45) is 0.751. The molecule has 0 spiro atoms. The van der Waals surface area contributed by atoms with Crippen LogP contribution in [-0.4, -0.2) is 45.5 Å². The quantitative estimate of drug-likeness (QED) is 0.844. The first-order chi connectivity index (χ1) is 10.8. The number of carbonyl (C=O) groups excluding carboxylic acids is 1. The molecule has 0 aromatic carbocycles. The summed E-state index contributed by atoms with van der Waals surface area (Å²) in [5.74, 6) is 2.06. The first kappa shape index (κ1) is 16.3. The van der Waals surface area contributed by atoms with Crippen LogP contribution < -0.4 is 0 Å². The summed E-state index contributed by atoms with van der Waals surface area (Å²) in [6, 6.07) is 1.87. The van der Waals surface area contributed by atoms with Crippen LogP contribution in [0.15, 0.2) is 10.6 Å². The Hall–Kier alpha value is -1.56. The number of hydrogen-bond acceptors (Lipinski definition) is 5. The third kappa shape index (κ3) is 3.52. The van der Waals surface area contributed by atoms with Crippen LogP contribution in [0, 0.1) is 12.3 Å². The minimum Gasteiger partial charge on any atom is -0.337 e. The molecule has 3 heterocycles. The molecule has 0 aliphatic carbocycles. The molecule has 0 N–H and O–H groups in total. The van der Waals surface area contributed by atoms with Crippen LogP contribution >= 0.6 is 11.8 Å². The van der Waals surface area contributed by atoms with Crippen molar-refractivity contribution in [3.8, 4) is 0 Å². The lowest BCUT2D eigenvalue weighted by atomic mass is 9.89. The molecule has 0 atom stereocenters. The summed E-state index contributed by atoms with van der Waals surface area (Å²) in [6.45, 7) is 9.93. The van der Waals surface area contributed by atoms with E-state index >= 15 is 0 Å². The van der Waals surface area contributed by atoms with Crippen LogP contribution in [0.4, 0.5) is 0 Å². The zero-order chi connectivity index (χ0) is 16.6. The second-order valence-corrected chi connectivity index (χ2v) is 8.49. The fourth-order valence-corrected chi connectivity index (χ4v) is 3.77. The third-order valence-corrected chi connectivity index (χ3v) is 4.81. The molecule has 0 bridgehead atoms. The number of aromatic nitrogens is 2. The molecule has 0 radical (unpaired) electrons. The van der Waals surface area contributed by atoms with Crippen LogP contribution in [0.3, 0.4) is 0 Å². The van der Waals surface area contributed by atoms with Gasteiger partial charge < -0.3 is 9.42 Å². The van der Waals surface area contributed by atoms with E-state index in [0.717, 1.165) is 47.8 Å². The topological polar surface area (TPSA) is 59.2 Å². The Labute approximate surface area is 140 Å². The zero-order valence-corrected chi connectivity index (χ0v) is 15.0. The Balaban J connectivity index is 2.07. The molecule has 6 heteroatoms. The van der Waals surface area contributed by atoms with Crippen LogP contribution in [0.5, 0.6) is 0 Å². The lowest BCUT2D eigenvalue weighted by molar-refractivity contribution is 0.0774. The standard InChI is InChI=1S/C17H23N3O2S/c1-11-9-12(16(21)20-5-7-23-8-6-20)14-13(10-17(2,3)4)19-22-15(14)18-11/h9H,5-8,10H2,1-4H3. The molecular weight excluding hydrogens is 310 g/mol. The predicted molar refractivity (Wildman–Crippen MR) is 92.9 cm³/mol. The molecule has 1 aliphatic heterocycles. The van der Waals surface area contributed by atoms with Crippen LogP contribution in [-0.2, 0) is 6.42 Å². The summed E-state index contributed by atoms with van der Waals surface area (Å²) in [4.78, 5) is 19.3. The van der Waals surface area contributed by atoms with Gasteiger partial charge in [0, 0.05) is 30.3 Å². The van der Waals surface area contributed by atoms with Gasteiger partial charge in [-0.05, 0) is 24.8 Å². The number of rotatable bonds is 2. The van der Waals surface area contributed by atoms with E-state index in [1.54, 1.807) is 0 Å². The molecule has 0 unspecified atom stereocenters. The molecular formula is C17H23N3O2S. The van der Waals surface area contributed by atoms with Gasteiger partial charge in [-0.1, -0.05) is 25.9 Å². The Bertz CT molecular complexity index is 727. The highest BCUT2D eigenvalue weighted by molar-refractivity contribution is 7.99. The number of carbonyl (C=O) groups is 1. The maximum Gasteiger partial charge on any atom is 0.258 e. The molecule has 3 rings (SSSR count). The smallest absolute Gasteiger partial charge is 0.258 e. The van der Waals surface area contributed by atoms with Gasteiger partial charge in [-0.15, -0.1) is 0 Å². The van der Waals surface area contributed by atoms with Crippen LogP contribution in [0.2, 0.25) is 0 Å². The SMILES string of the molecule is Cc1cc(C(=O)N2CCSCC2)c2c(CC(C)(C)C)noc2n1. The number of pyridine rings is 1. The first-order valence-corrected chi connectivity index (χ1v) is 9.13. The zero-order valence-electron chi connectivity index (χ0n) is 14.2. The minimum atomic E-state index is 0.0662. The Morgan fingerprint density at radius 1 is 1.35 bits per heavy atom. The molecule has 23 heavy (non-hydrogen) atoms. The molecule has 2 aromatic rings. The van der Waals surface area contributed by atoms with Crippen LogP contribution in [0.25, 0.3) is 11.1 Å². The van der Waals surface area contributed by atoms with Gasteiger partial charge in [0.1, 0.15) is 0 Å². The number of amides is 1. The van der Waals surface area contributed by atoms with Gasteiger partial charge in [0.25, 0.3) is 11.6 Å². The maximum absolute atomic E-state index is 13.0. The van der Waals surface area contributed by atoms with Gasteiger partial charge in [-0.3, -0.25) is 4.79 Å². The molecule has 1 fully saturated rings. The van der Waals surface area contributed by atoms with Crippen molar-refractivity contribution in [2.24, 2.45) is 5.41 Å². The van der Waals surface area contributed by atoms with Gasteiger partial charge in [0.2, 0.25) is 0 Å². The molecule has 1 saturated heterocycles. The third-order valence-electron chi connectivity index (χ3n) is 3.87. The molecule has 124 valence electrons. The van der Waals surface area contributed by atoms with Crippen LogP contribution in [0.1, 0.15) is 42.5 Å². The molecule has 2 aromatic heterocycles. The van der Waals surface area contributed by atoms with Crippen molar-refractivity contribution in [1.82, 2.24) is 15.0 Å². The minimum absolute atomic E-state index is 0.0662. The normalized spacial score (nSPS) is 16.1. The highest BCUT2D eigenvalue weighted by atomic mass is 32.2. The number of fused-ring (bicyclic) bond motifs is 1. The average Bonchev–Trinajstić information content (AvgIpc) is 2.87. The summed E-state index contributed by atoms with van der Waals surface area (Å²) >= 11 is 1.89. The number of thioether (sulfide) groups is 1. The van der Waals surface area contributed by atoms with Gasteiger partial charge in [-0.2, -0.15) is 11.8 Å². The van der Waals surface area contributed by atoms with Crippen molar-refractivity contribution in [1.29, 1.82) is 0 Å².